The molecule has 154 valence electrons. The fourth-order valence-electron chi connectivity index (χ4n) is 4.97. The van der Waals surface area contributed by atoms with Gasteiger partial charge in [-0.3, -0.25) is 9.59 Å². The van der Waals surface area contributed by atoms with Crippen molar-refractivity contribution in [3.8, 4) is 0 Å². The zero-order chi connectivity index (χ0) is 21.0. The van der Waals surface area contributed by atoms with Crippen LogP contribution in [0.15, 0.2) is 47.4 Å². The molecule has 3 heterocycles. The van der Waals surface area contributed by atoms with Crippen LogP contribution in [0.1, 0.15) is 40.0 Å². The lowest BCUT2D eigenvalue weighted by atomic mass is 10.1. The summed E-state index contributed by atoms with van der Waals surface area (Å²) < 4.78 is 2.12. The van der Waals surface area contributed by atoms with E-state index >= 15 is 0 Å². The number of aromatic nitrogens is 1. The molecule has 0 bridgehead atoms. The van der Waals surface area contributed by atoms with Crippen LogP contribution in [0.4, 0.5) is 5.69 Å². The number of aryl methyl sites for hydroxylation is 1. The Hall–Kier alpha value is -3.08. The van der Waals surface area contributed by atoms with Crippen LogP contribution in [-0.4, -0.2) is 41.6 Å². The molecule has 0 unspecified atom stereocenters. The van der Waals surface area contributed by atoms with Crippen molar-refractivity contribution >= 4 is 22.5 Å². The maximum atomic E-state index is 13.3. The van der Waals surface area contributed by atoms with Crippen molar-refractivity contribution in [3.05, 3.63) is 75.1 Å². The zero-order valence-electron chi connectivity index (χ0n) is 17.8. The SMILES string of the molecule is Cc1cccc(N2CCN(C(=O)c3cn4c5c(cccc5c3=O)C[C@H]4C)CC2)c1C. The molecule has 1 saturated heterocycles. The van der Waals surface area contributed by atoms with Crippen LogP contribution in [0.3, 0.4) is 0 Å². The van der Waals surface area contributed by atoms with Gasteiger partial charge >= 0.3 is 0 Å². The van der Waals surface area contributed by atoms with Gasteiger partial charge in [0.15, 0.2) is 0 Å². The summed E-state index contributed by atoms with van der Waals surface area (Å²) in [6.07, 6.45) is 2.70. The lowest BCUT2D eigenvalue weighted by molar-refractivity contribution is 0.0745. The van der Waals surface area contributed by atoms with Gasteiger partial charge in [-0.1, -0.05) is 24.3 Å². The molecule has 0 saturated carbocycles. The van der Waals surface area contributed by atoms with Crippen LogP contribution in [0, 0.1) is 13.8 Å². The second-order valence-corrected chi connectivity index (χ2v) is 8.64. The number of anilines is 1. The number of hydrogen-bond donors (Lipinski definition) is 0. The van der Waals surface area contributed by atoms with E-state index in [1.165, 1.54) is 22.4 Å². The van der Waals surface area contributed by atoms with Crippen LogP contribution in [-0.2, 0) is 6.42 Å². The molecule has 2 aromatic carbocycles. The summed E-state index contributed by atoms with van der Waals surface area (Å²) in [4.78, 5) is 30.6. The number of hydrogen-bond acceptors (Lipinski definition) is 3. The molecule has 1 aromatic heterocycles. The molecule has 5 nitrogen and oxygen atoms in total. The molecule has 5 rings (SSSR count). The zero-order valence-corrected chi connectivity index (χ0v) is 17.8. The van der Waals surface area contributed by atoms with E-state index in [-0.39, 0.29) is 17.4 Å². The smallest absolute Gasteiger partial charge is 0.259 e. The molecule has 1 amide bonds. The Morgan fingerprint density at radius 3 is 2.50 bits per heavy atom. The van der Waals surface area contributed by atoms with Crippen LogP contribution in [0.5, 0.6) is 0 Å². The van der Waals surface area contributed by atoms with Gasteiger partial charge in [0.2, 0.25) is 5.43 Å². The number of benzene rings is 2. The standard InChI is InChI=1S/C25H27N3O2/c1-16-6-4-9-22(18(16)3)26-10-12-27(13-11-26)25(30)21-15-28-17(2)14-19-7-5-8-20(23(19)28)24(21)29/h4-9,15,17H,10-14H2,1-3H3/t17-/m1/s1. The molecule has 1 atom stereocenters. The van der Waals surface area contributed by atoms with Crippen LogP contribution in [0.25, 0.3) is 10.9 Å². The fourth-order valence-corrected chi connectivity index (χ4v) is 4.97. The Balaban J connectivity index is 1.42. The molecule has 0 N–H and O–H groups in total. The van der Waals surface area contributed by atoms with Crippen molar-refractivity contribution in [2.75, 3.05) is 31.1 Å². The van der Waals surface area contributed by atoms with Gasteiger partial charge in [0, 0.05) is 49.5 Å². The summed E-state index contributed by atoms with van der Waals surface area (Å²) in [6, 6.07) is 12.5. The van der Waals surface area contributed by atoms with Gasteiger partial charge in [0.05, 0.1) is 5.52 Å². The molecule has 5 heteroatoms. The maximum Gasteiger partial charge on any atom is 0.259 e. The topological polar surface area (TPSA) is 45.5 Å². The van der Waals surface area contributed by atoms with Crippen molar-refractivity contribution in [2.24, 2.45) is 0 Å². The summed E-state index contributed by atoms with van der Waals surface area (Å²) in [5, 5.41) is 0.664. The van der Waals surface area contributed by atoms with E-state index in [0.717, 1.165) is 25.0 Å². The fraction of sp³-hybridized carbons (Fsp3) is 0.360. The van der Waals surface area contributed by atoms with E-state index in [9.17, 15) is 9.59 Å². The molecule has 1 fully saturated rings. The molecule has 0 aliphatic carbocycles. The average Bonchev–Trinajstić information content (AvgIpc) is 3.08. The van der Waals surface area contributed by atoms with E-state index in [1.807, 2.05) is 17.0 Å². The molecule has 0 spiro atoms. The van der Waals surface area contributed by atoms with Gasteiger partial charge in [0.1, 0.15) is 5.56 Å². The van der Waals surface area contributed by atoms with Crippen LogP contribution in [0.2, 0.25) is 0 Å². The summed E-state index contributed by atoms with van der Waals surface area (Å²) >= 11 is 0. The highest BCUT2D eigenvalue weighted by Gasteiger charge is 2.28. The van der Waals surface area contributed by atoms with Crippen molar-refractivity contribution in [3.63, 3.8) is 0 Å². The molecule has 3 aromatic rings. The summed E-state index contributed by atoms with van der Waals surface area (Å²) in [6.45, 7) is 9.22. The largest absolute Gasteiger partial charge is 0.368 e. The van der Waals surface area contributed by atoms with E-state index in [0.29, 0.717) is 24.0 Å². The van der Waals surface area contributed by atoms with E-state index in [2.05, 4.69) is 54.5 Å². The summed E-state index contributed by atoms with van der Waals surface area (Å²) in [5.74, 6) is -0.143. The third kappa shape index (κ3) is 2.83. The number of rotatable bonds is 2. The minimum atomic E-state index is -0.143. The Morgan fingerprint density at radius 1 is 1.00 bits per heavy atom. The Labute approximate surface area is 176 Å². The molecule has 0 radical (unpaired) electrons. The first-order valence-corrected chi connectivity index (χ1v) is 10.7. The average molecular weight is 402 g/mol. The lowest BCUT2D eigenvalue weighted by Gasteiger charge is -2.37. The first-order chi connectivity index (χ1) is 14.5. The predicted molar refractivity (Wildman–Crippen MR) is 121 cm³/mol. The lowest BCUT2D eigenvalue weighted by Crippen LogP contribution is -2.49. The Kier molecular flexibility index (Phi) is 4.42. The Morgan fingerprint density at radius 2 is 1.73 bits per heavy atom. The second kappa shape index (κ2) is 7.01. The van der Waals surface area contributed by atoms with Gasteiger partial charge in [-0.25, -0.2) is 0 Å². The normalized spacial score (nSPS) is 18.3. The monoisotopic (exact) mass is 401 g/mol. The predicted octanol–water partition coefficient (Wildman–Crippen LogP) is 3.70. The van der Waals surface area contributed by atoms with Crippen molar-refractivity contribution < 1.29 is 4.79 Å². The molecule has 2 aliphatic heterocycles. The van der Waals surface area contributed by atoms with Gasteiger partial charge < -0.3 is 14.4 Å². The van der Waals surface area contributed by atoms with Gasteiger partial charge in [-0.15, -0.1) is 0 Å². The number of amides is 1. The van der Waals surface area contributed by atoms with E-state index in [4.69, 9.17) is 0 Å². The number of carbonyl (C=O) groups is 1. The van der Waals surface area contributed by atoms with Gasteiger partial charge in [0.25, 0.3) is 5.91 Å². The van der Waals surface area contributed by atoms with Gasteiger partial charge in [-0.05, 0) is 56.0 Å². The first kappa shape index (κ1) is 18.9. The molecular weight excluding hydrogens is 374 g/mol. The second-order valence-electron chi connectivity index (χ2n) is 8.64. The summed E-state index contributed by atoms with van der Waals surface area (Å²) in [5.41, 5.74) is 6.15. The number of carbonyl (C=O) groups excluding carboxylic acids is 1. The molecule has 2 aliphatic rings. The van der Waals surface area contributed by atoms with Crippen molar-refractivity contribution in [2.45, 2.75) is 33.2 Å². The van der Waals surface area contributed by atoms with E-state index in [1.54, 1.807) is 6.20 Å². The number of pyridine rings is 1. The minimum absolute atomic E-state index is 0.140. The number of nitrogens with zero attached hydrogens (tertiary/aromatic N) is 3. The third-order valence-electron chi connectivity index (χ3n) is 6.84. The molecular formula is C25H27N3O2. The van der Waals surface area contributed by atoms with Crippen LogP contribution >= 0.6 is 0 Å². The Bertz CT molecular complexity index is 1220. The quantitative estimate of drug-likeness (QED) is 0.658. The van der Waals surface area contributed by atoms with Crippen molar-refractivity contribution in [1.29, 1.82) is 0 Å². The van der Waals surface area contributed by atoms with Crippen molar-refractivity contribution in [1.82, 2.24) is 9.47 Å². The maximum absolute atomic E-state index is 13.3. The highest BCUT2D eigenvalue weighted by Crippen LogP contribution is 2.31. The molecule has 30 heavy (non-hydrogen) atoms. The van der Waals surface area contributed by atoms with Gasteiger partial charge in [-0.2, -0.15) is 0 Å². The van der Waals surface area contributed by atoms with Crippen LogP contribution < -0.4 is 10.3 Å². The summed E-state index contributed by atoms with van der Waals surface area (Å²) in [7, 11) is 0. The van der Waals surface area contributed by atoms with E-state index < -0.39 is 0 Å². The minimum Gasteiger partial charge on any atom is -0.368 e. The first-order valence-electron chi connectivity index (χ1n) is 10.7. The highest BCUT2D eigenvalue weighted by molar-refractivity contribution is 5.98. The number of para-hydroxylation sites is 1. The highest BCUT2D eigenvalue weighted by atomic mass is 16.2. The third-order valence-corrected chi connectivity index (χ3v) is 6.84. The number of piperazine rings is 1.